The summed E-state index contributed by atoms with van der Waals surface area (Å²) < 4.78 is 10.4. The number of rotatable bonds is 34. The first-order chi connectivity index (χ1) is 21.7. The average Bonchev–Trinajstić information content (AvgIpc) is 3.03. The number of ether oxygens (including phenoxy) is 2. The highest BCUT2D eigenvalue weighted by molar-refractivity contribution is 5.91. The molecule has 0 N–H and O–H groups in total. The molecule has 0 bridgehead atoms. The molecule has 0 heterocycles. The van der Waals surface area contributed by atoms with E-state index in [1.165, 1.54) is 166 Å². The molecule has 0 aliphatic rings. The predicted molar refractivity (Wildman–Crippen MR) is 190 cm³/mol. The monoisotopic (exact) mass is 617 g/mol. The van der Waals surface area contributed by atoms with Gasteiger partial charge in [-0.2, -0.15) is 0 Å². The largest absolute Gasteiger partial charge is 0.463 e. The van der Waals surface area contributed by atoms with Gasteiger partial charge in [-0.25, -0.2) is 9.59 Å². The van der Waals surface area contributed by atoms with Gasteiger partial charge in [-0.3, -0.25) is 0 Å². The van der Waals surface area contributed by atoms with Crippen molar-refractivity contribution < 1.29 is 19.1 Å². The third kappa shape index (κ3) is 36.4. The molecule has 0 aliphatic carbocycles. The smallest absolute Gasteiger partial charge is 0.331 e. The first kappa shape index (κ1) is 42.2. The van der Waals surface area contributed by atoms with Gasteiger partial charge in [0.05, 0.1) is 13.2 Å². The quantitative estimate of drug-likeness (QED) is 0.0312. The van der Waals surface area contributed by atoms with Gasteiger partial charge in [-0.1, -0.05) is 154 Å². The molecule has 0 amide bonds. The molecule has 0 atom stereocenters. The van der Waals surface area contributed by atoms with Crippen LogP contribution in [0.4, 0.5) is 0 Å². The summed E-state index contributed by atoms with van der Waals surface area (Å²) in [6.07, 6.45) is 46.9. The van der Waals surface area contributed by atoms with E-state index in [0.29, 0.717) is 13.2 Å². The summed E-state index contributed by atoms with van der Waals surface area (Å²) in [5, 5.41) is 0. The van der Waals surface area contributed by atoms with Crippen molar-refractivity contribution in [2.45, 2.75) is 194 Å². The molecular weight excluding hydrogens is 544 g/mol. The first-order valence-electron chi connectivity index (χ1n) is 19.0. The standard InChI is InChI=1S/C40H72O4/c1-3-5-7-9-11-13-15-17-19-21-23-25-27-29-31-33-37-43-39(41)35-36-40(42)44-38-34-32-30-28-26-24-22-20-18-16-14-12-10-8-6-4-2/h17-20,35-36H,3-16,21-34,37-38H2,1-2H3/b19-17+,20-18+,36-35+. The third-order valence-electron chi connectivity index (χ3n) is 8.16. The van der Waals surface area contributed by atoms with Crippen LogP contribution in [0.25, 0.3) is 0 Å². The third-order valence-corrected chi connectivity index (χ3v) is 8.16. The fourth-order valence-electron chi connectivity index (χ4n) is 5.28. The Kier molecular flexibility index (Phi) is 35.8. The van der Waals surface area contributed by atoms with E-state index in [4.69, 9.17) is 9.47 Å². The fourth-order valence-corrected chi connectivity index (χ4v) is 5.28. The summed E-state index contributed by atoms with van der Waals surface area (Å²) in [6, 6.07) is 0. The van der Waals surface area contributed by atoms with Crippen LogP contribution in [0.5, 0.6) is 0 Å². The van der Waals surface area contributed by atoms with E-state index in [9.17, 15) is 9.59 Å². The Morgan fingerprint density at radius 2 is 0.614 bits per heavy atom. The van der Waals surface area contributed by atoms with Gasteiger partial charge in [-0.15, -0.1) is 0 Å². The topological polar surface area (TPSA) is 52.6 Å². The summed E-state index contributed by atoms with van der Waals surface area (Å²) in [5.41, 5.74) is 0. The van der Waals surface area contributed by atoms with Crippen molar-refractivity contribution in [3.63, 3.8) is 0 Å². The van der Waals surface area contributed by atoms with Gasteiger partial charge in [0.15, 0.2) is 0 Å². The molecule has 0 rings (SSSR count). The van der Waals surface area contributed by atoms with Crippen LogP contribution in [-0.4, -0.2) is 25.2 Å². The second-order valence-corrected chi connectivity index (χ2v) is 12.5. The predicted octanol–water partition coefficient (Wildman–Crippen LogP) is 12.7. The second-order valence-electron chi connectivity index (χ2n) is 12.5. The summed E-state index contributed by atoms with van der Waals surface area (Å²) in [5.74, 6) is -0.932. The van der Waals surface area contributed by atoms with Gasteiger partial charge < -0.3 is 9.47 Å². The molecule has 44 heavy (non-hydrogen) atoms. The Morgan fingerprint density at radius 1 is 0.364 bits per heavy atom. The number of carbonyl (C=O) groups excluding carboxylic acids is 2. The van der Waals surface area contributed by atoms with Crippen molar-refractivity contribution in [2.24, 2.45) is 0 Å². The zero-order valence-corrected chi connectivity index (χ0v) is 29.3. The maximum Gasteiger partial charge on any atom is 0.331 e. The lowest BCUT2D eigenvalue weighted by molar-refractivity contribution is -0.140. The molecule has 0 aromatic rings. The van der Waals surface area contributed by atoms with E-state index in [1.807, 2.05) is 0 Å². The Labute approximate surface area is 273 Å². The SMILES string of the molecule is CCCCCCCC/C=C/CCCCCCCCOC(=O)/C=C/C(=O)OCCCCCCCC/C=C/CCCCCCCC. The molecule has 0 aromatic heterocycles. The molecule has 4 heteroatoms. The number of hydrogen-bond acceptors (Lipinski definition) is 4. The summed E-state index contributed by atoms with van der Waals surface area (Å²) >= 11 is 0. The zero-order valence-electron chi connectivity index (χ0n) is 29.3. The van der Waals surface area contributed by atoms with Gasteiger partial charge in [-0.05, 0) is 64.2 Å². The number of carbonyl (C=O) groups is 2. The summed E-state index contributed by atoms with van der Waals surface area (Å²) in [6.45, 7) is 5.36. The van der Waals surface area contributed by atoms with Crippen molar-refractivity contribution in [3.05, 3.63) is 36.5 Å². The van der Waals surface area contributed by atoms with Crippen molar-refractivity contribution in [3.8, 4) is 0 Å². The molecule has 0 saturated carbocycles. The van der Waals surface area contributed by atoms with E-state index in [2.05, 4.69) is 38.2 Å². The maximum absolute atomic E-state index is 11.8. The lowest BCUT2D eigenvalue weighted by Crippen LogP contribution is -2.06. The van der Waals surface area contributed by atoms with Gasteiger partial charge in [0.25, 0.3) is 0 Å². The van der Waals surface area contributed by atoms with Crippen molar-refractivity contribution in [2.75, 3.05) is 13.2 Å². The van der Waals surface area contributed by atoms with E-state index in [1.54, 1.807) is 0 Å². The summed E-state index contributed by atoms with van der Waals surface area (Å²) in [7, 11) is 0. The van der Waals surface area contributed by atoms with E-state index in [-0.39, 0.29) is 0 Å². The highest BCUT2D eigenvalue weighted by atomic mass is 16.5. The van der Waals surface area contributed by atoms with Crippen LogP contribution in [0, 0.1) is 0 Å². The van der Waals surface area contributed by atoms with Gasteiger partial charge in [0, 0.05) is 12.2 Å². The lowest BCUT2D eigenvalue weighted by atomic mass is 10.1. The number of esters is 2. The molecule has 0 unspecified atom stereocenters. The lowest BCUT2D eigenvalue weighted by Gasteiger charge is -2.03. The van der Waals surface area contributed by atoms with Crippen LogP contribution in [0.2, 0.25) is 0 Å². The molecular formula is C40H72O4. The Bertz CT molecular complexity index is 635. The van der Waals surface area contributed by atoms with Crippen LogP contribution in [0.3, 0.4) is 0 Å². The van der Waals surface area contributed by atoms with Crippen molar-refractivity contribution in [1.29, 1.82) is 0 Å². The van der Waals surface area contributed by atoms with Crippen LogP contribution in [-0.2, 0) is 19.1 Å². The zero-order chi connectivity index (χ0) is 32.0. The normalized spacial score (nSPS) is 11.8. The fraction of sp³-hybridized carbons (Fsp3) is 0.800. The molecule has 0 fully saturated rings. The molecule has 0 aliphatic heterocycles. The van der Waals surface area contributed by atoms with Gasteiger partial charge in [0.2, 0.25) is 0 Å². The Balaban J connectivity index is 3.40. The van der Waals surface area contributed by atoms with Crippen molar-refractivity contribution >= 4 is 11.9 Å². The minimum atomic E-state index is -0.466. The van der Waals surface area contributed by atoms with Crippen LogP contribution in [0.1, 0.15) is 194 Å². The first-order valence-corrected chi connectivity index (χ1v) is 19.0. The Morgan fingerprint density at radius 3 is 0.909 bits per heavy atom. The molecule has 0 saturated heterocycles. The van der Waals surface area contributed by atoms with E-state index in [0.717, 1.165) is 25.7 Å². The Hall–Kier alpha value is -1.84. The molecule has 0 spiro atoms. The molecule has 0 radical (unpaired) electrons. The summed E-state index contributed by atoms with van der Waals surface area (Å²) in [4.78, 5) is 23.6. The minimum absolute atomic E-state index is 0.412. The van der Waals surface area contributed by atoms with E-state index >= 15 is 0 Å². The second kappa shape index (κ2) is 37.3. The van der Waals surface area contributed by atoms with Crippen molar-refractivity contribution in [1.82, 2.24) is 0 Å². The van der Waals surface area contributed by atoms with Crippen LogP contribution in [0.15, 0.2) is 36.5 Å². The average molecular weight is 617 g/mol. The highest BCUT2D eigenvalue weighted by Crippen LogP contribution is 2.11. The minimum Gasteiger partial charge on any atom is -0.463 e. The van der Waals surface area contributed by atoms with E-state index < -0.39 is 11.9 Å². The molecule has 0 aromatic carbocycles. The van der Waals surface area contributed by atoms with Gasteiger partial charge in [0.1, 0.15) is 0 Å². The highest BCUT2D eigenvalue weighted by Gasteiger charge is 2.02. The van der Waals surface area contributed by atoms with Crippen LogP contribution >= 0.6 is 0 Å². The van der Waals surface area contributed by atoms with Gasteiger partial charge >= 0.3 is 11.9 Å². The maximum atomic E-state index is 11.8. The number of allylic oxidation sites excluding steroid dienone is 4. The van der Waals surface area contributed by atoms with Crippen LogP contribution < -0.4 is 0 Å². The number of hydrogen-bond donors (Lipinski definition) is 0. The molecule has 256 valence electrons. The molecule has 4 nitrogen and oxygen atoms in total. The number of unbranched alkanes of at least 4 members (excludes halogenated alkanes) is 24.